The molecule has 2 rings (SSSR count). The fourth-order valence-electron chi connectivity index (χ4n) is 1.86. The average Bonchev–Trinajstić information content (AvgIpc) is 2.45. The van der Waals surface area contributed by atoms with Gasteiger partial charge in [0, 0.05) is 23.2 Å². The predicted molar refractivity (Wildman–Crippen MR) is 77.2 cm³/mol. The lowest BCUT2D eigenvalue weighted by Gasteiger charge is -2.01. The number of hydrogen-bond donors (Lipinski definition) is 2. The number of nitrogens with one attached hydrogen (secondary N) is 1. The van der Waals surface area contributed by atoms with Crippen molar-refractivity contribution >= 4 is 28.9 Å². The highest BCUT2D eigenvalue weighted by atomic mass is 16.5. The van der Waals surface area contributed by atoms with Gasteiger partial charge >= 0.3 is 11.9 Å². The first kappa shape index (κ1) is 14.5. The molecule has 0 spiro atoms. The average molecular weight is 287 g/mol. The minimum atomic E-state index is -1.27. The Morgan fingerprint density at radius 3 is 2.81 bits per heavy atom. The van der Waals surface area contributed by atoms with Gasteiger partial charge in [0.25, 0.3) is 0 Å². The number of ether oxygens (including phenoxy) is 1. The number of aromatic amines is 1. The number of hydrogen-bond acceptors (Lipinski definition) is 4. The van der Waals surface area contributed by atoms with E-state index in [1.165, 1.54) is 12.1 Å². The smallest absolute Gasteiger partial charge is 0.341 e. The Bertz CT molecular complexity index is 788. The van der Waals surface area contributed by atoms with Gasteiger partial charge in [0.2, 0.25) is 5.43 Å². The van der Waals surface area contributed by atoms with Crippen LogP contribution >= 0.6 is 0 Å². The Balaban J connectivity index is 2.40. The maximum atomic E-state index is 11.9. The fraction of sp³-hybridized carbons (Fsp3) is 0.133. The molecule has 0 bridgehead atoms. The number of carbonyl (C=O) groups is 2. The number of carboxylic acids is 1. The zero-order chi connectivity index (χ0) is 15.4. The molecule has 1 aromatic carbocycles. The van der Waals surface area contributed by atoms with Gasteiger partial charge in [0.15, 0.2) is 0 Å². The van der Waals surface area contributed by atoms with Gasteiger partial charge < -0.3 is 14.8 Å². The van der Waals surface area contributed by atoms with Crippen molar-refractivity contribution in [3.8, 4) is 0 Å². The molecule has 1 aromatic heterocycles. The van der Waals surface area contributed by atoms with Crippen molar-refractivity contribution in [2.75, 3.05) is 6.61 Å². The number of aromatic nitrogens is 1. The van der Waals surface area contributed by atoms with Crippen molar-refractivity contribution in [3.63, 3.8) is 0 Å². The van der Waals surface area contributed by atoms with E-state index in [4.69, 9.17) is 9.84 Å². The molecule has 0 aliphatic heterocycles. The Kier molecular flexibility index (Phi) is 4.18. The SMILES string of the molecule is CCOC(=O)C=Cc1ccc2c(=O)c(C(=O)O)c[nH]c2c1. The fourth-order valence-corrected chi connectivity index (χ4v) is 1.86. The lowest BCUT2D eigenvalue weighted by Crippen LogP contribution is -2.15. The van der Waals surface area contributed by atoms with Gasteiger partial charge in [0.1, 0.15) is 5.56 Å². The number of H-pyrrole nitrogens is 1. The van der Waals surface area contributed by atoms with Crippen molar-refractivity contribution in [2.45, 2.75) is 6.92 Å². The molecule has 2 N–H and O–H groups in total. The highest BCUT2D eigenvalue weighted by molar-refractivity contribution is 5.93. The molecule has 0 atom stereocenters. The van der Waals surface area contributed by atoms with E-state index in [0.717, 1.165) is 6.20 Å². The van der Waals surface area contributed by atoms with E-state index in [9.17, 15) is 14.4 Å². The largest absolute Gasteiger partial charge is 0.477 e. The predicted octanol–water partition coefficient (Wildman–Crippen LogP) is 1.80. The van der Waals surface area contributed by atoms with Crippen LogP contribution in [0, 0.1) is 0 Å². The Morgan fingerprint density at radius 1 is 1.38 bits per heavy atom. The molecule has 0 radical (unpaired) electrons. The number of pyridine rings is 1. The highest BCUT2D eigenvalue weighted by Gasteiger charge is 2.11. The zero-order valence-electron chi connectivity index (χ0n) is 11.3. The van der Waals surface area contributed by atoms with E-state index < -0.39 is 17.4 Å². The topological polar surface area (TPSA) is 96.5 Å². The first-order valence-corrected chi connectivity index (χ1v) is 6.26. The second kappa shape index (κ2) is 6.04. The highest BCUT2D eigenvalue weighted by Crippen LogP contribution is 2.12. The van der Waals surface area contributed by atoms with Crippen molar-refractivity contribution in [2.24, 2.45) is 0 Å². The van der Waals surface area contributed by atoms with Gasteiger partial charge in [-0.2, -0.15) is 0 Å². The molecule has 6 heteroatoms. The van der Waals surface area contributed by atoms with Crippen LogP contribution in [0.5, 0.6) is 0 Å². The summed E-state index contributed by atoms with van der Waals surface area (Å²) in [5.41, 5.74) is 0.333. The van der Waals surface area contributed by atoms with Crippen LogP contribution in [-0.4, -0.2) is 28.6 Å². The standard InChI is InChI=1S/C15H13NO5/c1-2-21-13(17)6-4-9-3-5-10-12(7-9)16-8-11(14(10)18)15(19)20/h3-8H,2H2,1H3,(H,16,18)(H,19,20). The van der Waals surface area contributed by atoms with Crippen molar-refractivity contribution in [1.29, 1.82) is 0 Å². The van der Waals surface area contributed by atoms with Gasteiger partial charge in [-0.3, -0.25) is 4.79 Å². The minimum Gasteiger partial charge on any atom is -0.477 e. The summed E-state index contributed by atoms with van der Waals surface area (Å²) in [6.07, 6.45) is 4.00. The summed E-state index contributed by atoms with van der Waals surface area (Å²) in [7, 11) is 0. The summed E-state index contributed by atoms with van der Waals surface area (Å²) in [6, 6.07) is 4.79. The van der Waals surface area contributed by atoms with Crippen LogP contribution in [0.15, 0.2) is 35.3 Å². The zero-order valence-corrected chi connectivity index (χ0v) is 11.3. The first-order chi connectivity index (χ1) is 10.0. The molecular weight excluding hydrogens is 274 g/mol. The summed E-state index contributed by atoms with van der Waals surface area (Å²) in [6.45, 7) is 2.01. The van der Waals surface area contributed by atoms with Crippen LogP contribution in [0.25, 0.3) is 17.0 Å². The van der Waals surface area contributed by atoms with Gasteiger partial charge in [-0.05, 0) is 30.7 Å². The minimum absolute atomic E-state index is 0.281. The second-order valence-electron chi connectivity index (χ2n) is 4.23. The number of rotatable bonds is 4. The monoisotopic (exact) mass is 287 g/mol. The molecule has 0 amide bonds. The van der Waals surface area contributed by atoms with Gasteiger partial charge in [-0.1, -0.05) is 6.07 Å². The third-order valence-corrected chi connectivity index (χ3v) is 2.83. The summed E-state index contributed by atoms with van der Waals surface area (Å²) in [5, 5.41) is 9.17. The third kappa shape index (κ3) is 3.17. The van der Waals surface area contributed by atoms with Crippen LogP contribution < -0.4 is 5.43 Å². The van der Waals surface area contributed by atoms with E-state index >= 15 is 0 Å². The summed E-state index contributed by atoms with van der Waals surface area (Å²) in [5.74, 6) is -1.73. The van der Waals surface area contributed by atoms with Crippen molar-refractivity contribution in [3.05, 3.63) is 51.8 Å². The quantitative estimate of drug-likeness (QED) is 0.660. The molecule has 1 heterocycles. The summed E-state index contributed by atoms with van der Waals surface area (Å²) < 4.78 is 4.76. The molecule has 21 heavy (non-hydrogen) atoms. The molecular formula is C15H13NO5. The van der Waals surface area contributed by atoms with E-state index in [2.05, 4.69) is 4.98 Å². The molecule has 0 aliphatic carbocycles. The number of aromatic carboxylic acids is 1. The van der Waals surface area contributed by atoms with Crippen molar-refractivity contribution < 1.29 is 19.4 Å². The number of carboxylic acid groups (broad SMARTS) is 1. The van der Waals surface area contributed by atoms with Crippen LogP contribution in [0.2, 0.25) is 0 Å². The van der Waals surface area contributed by atoms with Gasteiger partial charge in [0.05, 0.1) is 6.61 Å². The van der Waals surface area contributed by atoms with Crippen molar-refractivity contribution in [1.82, 2.24) is 4.98 Å². The van der Waals surface area contributed by atoms with E-state index in [1.807, 2.05) is 0 Å². The molecule has 0 fully saturated rings. The molecule has 0 aliphatic rings. The first-order valence-electron chi connectivity index (χ1n) is 6.26. The molecule has 6 nitrogen and oxygen atoms in total. The number of esters is 1. The number of benzene rings is 1. The number of fused-ring (bicyclic) bond motifs is 1. The van der Waals surface area contributed by atoms with Crippen LogP contribution in [-0.2, 0) is 9.53 Å². The summed E-state index contributed by atoms with van der Waals surface area (Å²) in [4.78, 5) is 36.8. The Hall–Kier alpha value is -2.89. The lowest BCUT2D eigenvalue weighted by atomic mass is 10.1. The third-order valence-electron chi connectivity index (χ3n) is 2.83. The van der Waals surface area contributed by atoms with Gasteiger partial charge in [-0.25, -0.2) is 9.59 Å². The number of carbonyl (C=O) groups excluding carboxylic acids is 1. The maximum Gasteiger partial charge on any atom is 0.341 e. The molecule has 0 unspecified atom stereocenters. The normalized spacial score (nSPS) is 10.9. The van der Waals surface area contributed by atoms with Crippen LogP contribution in [0.4, 0.5) is 0 Å². The van der Waals surface area contributed by atoms with E-state index in [0.29, 0.717) is 17.7 Å². The summed E-state index contributed by atoms with van der Waals surface area (Å²) >= 11 is 0. The van der Waals surface area contributed by atoms with Gasteiger partial charge in [-0.15, -0.1) is 0 Å². The Morgan fingerprint density at radius 2 is 2.14 bits per heavy atom. The molecule has 0 saturated carbocycles. The van der Waals surface area contributed by atoms with Crippen LogP contribution in [0.1, 0.15) is 22.8 Å². The second-order valence-corrected chi connectivity index (χ2v) is 4.23. The lowest BCUT2D eigenvalue weighted by molar-refractivity contribution is -0.137. The molecule has 0 saturated heterocycles. The van der Waals surface area contributed by atoms with E-state index in [1.54, 1.807) is 25.1 Å². The Labute approximate surface area is 119 Å². The molecule has 108 valence electrons. The van der Waals surface area contributed by atoms with E-state index in [-0.39, 0.29) is 10.9 Å². The molecule has 2 aromatic rings. The maximum absolute atomic E-state index is 11.9. The van der Waals surface area contributed by atoms with Crippen LogP contribution in [0.3, 0.4) is 0 Å².